The van der Waals surface area contributed by atoms with Gasteiger partial charge in [0, 0.05) is 38.2 Å². The van der Waals surface area contributed by atoms with Crippen LogP contribution in [0.25, 0.3) is 0 Å². The van der Waals surface area contributed by atoms with Crippen molar-refractivity contribution in [1.82, 2.24) is 10.2 Å². The lowest BCUT2D eigenvalue weighted by Gasteiger charge is -2.15. The number of urea groups is 1. The van der Waals surface area contributed by atoms with Crippen molar-refractivity contribution in [3.63, 3.8) is 0 Å². The van der Waals surface area contributed by atoms with Crippen molar-refractivity contribution in [3.8, 4) is 17.2 Å². The summed E-state index contributed by atoms with van der Waals surface area (Å²) in [5.74, 6) is -1.54. The van der Waals surface area contributed by atoms with Gasteiger partial charge in [0.25, 0.3) is 0 Å². The number of hydrogen-bond acceptors (Lipinski definition) is 5. The molecule has 1 aromatic rings. The molecule has 1 heterocycles. The van der Waals surface area contributed by atoms with Gasteiger partial charge in [-0.15, -0.1) is 0 Å². The number of carbonyl (C=O) groups is 2. The van der Waals surface area contributed by atoms with E-state index < -0.39 is 23.3 Å². The number of anilines is 1. The molecule has 1 aliphatic heterocycles. The Bertz CT molecular complexity index is 553. The van der Waals surface area contributed by atoms with E-state index in [0.717, 1.165) is 25.1 Å². The number of benzene rings is 1. The fraction of sp³-hybridized carbons (Fsp3) is 0.429. The maximum Gasteiger partial charge on any atom is 0.319 e. The number of hydrogen-bond donors (Lipinski definition) is 5. The molecule has 8 heteroatoms. The number of phenolic OH excluding ortho intramolecular Hbond substituents is 3. The van der Waals surface area contributed by atoms with Crippen LogP contribution in [0.5, 0.6) is 17.2 Å². The molecule has 1 fully saturated rings. The Balaban J connectivity index is 1.73. The zero-order chi connectivity index (χ0) is 16.1. The second-order valence-corrected chi connectivity index (χ2v) is 5.08. The van der Waals surface area contributed by atoms with Crippen molar-refractivity contribution >= 4 is 17.6 Å². The van der Waals surface area contributed by atoms with Crippen LogP contribution in [-0.2, 0) is 4.79 Å². The molecule has 1 saturated heterocycles. The summed E-state index contributed by atoms with van der Waals surface area (Å²) in [6.07, 6.45) is 2.13. The lowest BCUT2D eigenvalue weighted by molar-refractivity contribution is -0.127. The molecule has 120 valence electrons. The number of phenols is 3. The summed E-state index contributed by atoms with van der Waals surface area (Å²) in [6, 6.07) is 1.74. The van der Waals surface area contributed by atoms with Gasteiger partial charge in [-0.1, -0.05) is 0 Å². The number of amides is 3. The molecular weight excluding hydrogens is 290 g/mol. The zero-order valence-electron chi connectivity index (χ0n) is 12.0. The number of aromatic hydroxyl groups is 3. The van der Waals surface area contributed by atoms with Crippen LogP contribution >= 0.6 is 0 Å². The van der Waals surface area contributed by atoms with E-state index in [1.807, 2.05) is 0 Å². The average Bonchev–Trinajstić information content (AvgIpc) is 2.86. The molecule has 0 spiro atoms. The van der Waals surface area contributed by atoms with Crippen molar-refractivity contribution in [3.05, 3.63) is 12.1 Å². The van der Waals surface area contributed by atoms with Crippen LogP contribution in [0.2, 0.25) is 0 Å². The minimum absolute atomic E-state index is 0.152. The van der Waals surface area contributed by atoms with Gasteiger partial charge in [0.15, 0.2) is 17.2 Å². The van der Waals surface area contributed by atoms with Gasteiger partial charge in [0.1, 0.15) is 0 Å². The van der Waals surface area contributed by atoms with Gasteiger partial charge in [0.2, 0.25) is 5.91 Å². The SMILES string of the molecule is O=C(NCCCN1CCCC1=O)Nc1cc(O)c(O)c(O)c1. The average molecular weight is 309 g/mol. The predicted octanol–water partition coefficient (Wildman–Crippen LogP) is 0.937. The highest BCUT2D eigenvalue weighted by Gasteiger charge is 2.19. The van der Waals surface area contributed by atoms with Gasteiger partial charge in [-0.25, -0.2) is 4.79 Å². The molecule has 3 amide bonds. The van der Waals surface area contributed by atoms with Gasteiger partial charge in [-0.05, 0) is 12.8 Å². The van der Waals surface area contributed by atoms with Gasteiger partial charge < -0.3 is 30.9 Å². The molecule has 0 saturated carbocycles. The summed E-state index contributed by atoms with van der Waals surface area (Å²) in [5, 5.41) is 32.9. The number of nitrogens with one attached hydrogen (secondary N) is 2. The van der Waals surface area contributed by atoms with Crippen molar-refractivity contribution in [2.45, 2.75) is 19.3 Å². The number of likely N-dealkylation sites (tertiary alicyclic amines) is 1. The largest absolute Gasteiger partial charge is 0.504 e. The molecule has 0 aromatic heterocycles. The van der Waals surface area contributed by atoms with E-state index in [2.05, 4.69) is 10.6 Å². The third-order valence-corrected chi connectivity index (χ3v) is 3.39. The standard InChI is InChI=1S/C14H19N3O5/c18-10-7-9(8-11(19)13(10)21)16-14(22)15-4-2-6-17-5-1-3-12(17)20/h7-8,18-19,21H,1-6H2,(H2,15,16,22). The van der Waals surface area contributed by atoms with E-state index in [4.69, 9.17) is 0 Å². The number of rotatable bonds is 5. The summed E-state index contributed by atoms with van der Waals surface area (Å²) >= 11 is 0. The highest BCUT2D eigenvalue weighted by molar-refractivity contribution is 5.90. The molecule has 0 aliphatic carbocycles. The normalized spacial score (nSPS) is 14.2. The van der Waals surface area contributed by atoms with Crippen LogP contribution < -0.4 is 10.6 Å². The van der Waals surface area contributed by atoms with Crippen molar-refractivity contribution in [2.75, 3.05) is 25.0 Å². The van der Waals surface area contributed by atoms with Gasteiger partial charge in [-0.3, -0.25) is 4.79 Å². The molecule has 1 aliphatic rings. The van der Waals surface area contributed by atoms with Crippen LogP contribution in [-0.4, -0.2) is 51.8 Å². The highest BCUT2D eigenvalue weighted by Crippen LogP contribution is 2.37. The second kappa shape index (κ2) is 6.88. The lowest BCUT2D eigenvalue weighted by atomic mass is 10.2. The minimum Gasteiger partial charge on any atom is -0.504 e. The highest BCUT2D eigenvalue weighted by atomic mass is 16.3. The summed E-state index contributed by atoms with van der Waals surface area (Å²) < 4.78 is 0. The van der Waals surface area contributed by atoms with E-state index in [-0.39, 0.29) is 11.6 Å². The van der Waals surface area contributed by atoms with E-state index in [0.29, 0.717) is 25.9 Å². The molecule has 22 heavy (non-hydrogen) atoms. The lowest BCUT2D eigenvalue weighted by Crippen LogP contribution is -2.32. The molecule has 2 rings (SSSR count). The molecule has 0 bridgehead atoms. The molecule has 0 atom stereocenters. The van der Waals surface area contributed by atoms with E-state index in [9.17, 15) is 24.9 Å². The van der Waals surface area contributed by atoms with Crippen LogP contribution in [0.3, 0.4) is 0 Å². The second-order valence-electron chi connectivity index (χ2n) is 5.08. The summed E-state index contributed by atoms with van der Waals surface area (Å²) in [5.41, 5.74) is 0.153. The first-order chi connectivity index (χ1) is 10.5. The van der Waals surface area contributed by atoms with Gasteiger partial charge >= 0.3 is 6.03 Å². The third kappa shape index (κ3) is 3.94. The summed E-state index contributed by atoms with van der Waals surface area (Å²) in [4.78, 5) is 24.8. The van der Waals surface area contributed by atoms with Crippen molar-refractivity contribution in [1.29, 1.82) is 0 Å². The summed E-state index contributed by atoms with van der Waals surface area (Å²) in [7, 11) is 0. The van der Waals surface area contributed by atoms with Crippen molar-refractivity contribution < 1.29 is 24.9 Å². The Morgan fingerprint density at radius 1 is 1.23 bits per heavy atom. The first-order valence-electron chi connectivity index (χ1n) is 7.05. The Hall–Kier alpha value is -2.64. The van der Waals surface area contributed by atoms with Gasteiger partial charge in [0.05, 0.1) is 5.69 Å². The Morgan fingerprint density at radius 3 is 2.50 bits per heavy atom. The van der Waals surface area contributed by atoms with E-state index in [1.54, 1.807) is 4.90 Å². The predicted molar refractivity (Wildman–Crippen MR) is 78.9 cm³/mol. The molecule has 1 aromatic carbocycles. The molecular formula is C14H19N3O5. The van der Waals surface area contributed by atoms with Gasteiger partial charge in [-0.2, -0.15) is 0 Å². The first-order valence-corrected chi connectivity index (χ1v) is 7.05. The number of nitrogens with zero attached hydrogens (tertiary/aromatic N) is 1. The fourth-order valence-corrected chi connectivity index (χ4v) is 2.26. The Morgan fingerprint density at radius 2 is 1.91 bits per heavy atom. The molecule has 8 nitrogen and oxygen atoms in total. The van der Waals surface area contributed by atoms with E-state index in [1.165, 1.54) is 0 Å². The minimum atomic E-state index is -0.638. The van der Waals surface area contributed by atoms with Crippen LogP contribution in [0.15, 0.2) is 12.1 Å². The number of carbonyl (C=O) groups excluding carboxylic acids is 2. The van der Waals surface area contributed by atoms with Crippen LogP contribution in [0, 0.1) is 0 Å². The van der Waals surface area contributed by atoms with Crippen LogP contribution in [0.1, 0.15) is 19.3 Å². The zero-order valence-corrected chi connectivity index (χ0v) is 12.0. The third-order valence-electron chi connectivity index (χ3n) is 3.39. The maximum absolute atomic E-state index is 11.7. The first kappa shape index (κ1) is 15.7. The Kier molecular flexibility index (Phi) is 4.92. The van der Waals surface area contributed by atoms with E-state index >= 15 is 0 Å². The molecule has 0 radical (unpaired) electrons. The summed E-state index contributed by atoms with van der Waals surface area (Å²) in [6.45, 7) is 1.78. The van der Waals surface area contributed by atoms with Crippen molar-refractivity contribution in [2.24, 2.45) is 0 Å². The smallest absolute Gasteiger partial charge is 0.319 e. The topological polar surface area (TPSA) is 122 Å². The molecule has 5 N–H and O–H groups in total. The fourth-order valence-electron chi connectivity index (χ4n) is 2.26. The molecule has 0 unspecified atom stereocenters. The Labute approximate surface area is 127 Å². The monoisotopic (exact) mass is 309 g/mol. The maximum atomic E-state index is 11.7. The quantitative estimate of drug-likeness (QED) is 0.315. The van der Waals surface area contributed by atoms with Crippen LogP contribution in [0.4, 0.5) is 10.5 Å².